The predicted molar refractivity (Wildman–Crippen MR) is 86.0 cm³/mol. The first-order valence-electron chi connectivity index (χ1n) is 8.08. The van der Waals surface area contributed by atoms with Gasteiger partial charge in [-0.05, 0) is 46.2 Å². The van der Waals surface area contributed by atoms with Crippen molar-refractivity contribution < 1.29 is 9.26 Å². The molecule has 2 heterocycles. The Labute approximate surface area is 132 Å². The highest BCUT2D eigenvalue weighted by Gasteiger charge is 2.31. The Morgan fingerprint density at radius 2 is 2.14 bits per heavy atom. The highest BCUT2D eigenvalue weighted by molar-refractivity contribution is 5.34. The second kappa shape index (κ2) is 6.53. The fraction of sp³-hybridized carbons (Fsp3) is 0.500. The number of likely N-dealkylation sites (tertiary alicyclic amines) is 1. The molecule has 118 valence electrons. The van der Waals surface area contributed by atoms with Crippen LogP contribution in [0.4, 0.5) is 0 Å². The zero-order valence-electron chi connectivity index (χ0n) is 13.6. The van der Waals surface area contributed by atoms with Gasteiger partial charge >= 0.3 is 0 Å². The number of benzene rings is 1. The molecule has 1 saturated heterocycles. The number of ether oxygens (including phenoxy) is 1. The van der Waals surface area contributed by atoms with Gasteiger partial charge in [0.2, 0.25) is 0 Å². The highest BCUT2D eigenvalue weighted by Crippen LogP contribution is 2.37. The summed E-state index contributed by atoms with van der Waals surface area (Å²) in [5, 5.41) is 4.12. The summed E-state index contributed by atoms with van der Waals surface area (Å²) in [5.74, 6) is 1.95. The van der Waals surface area contributed by atoms with Crippen LogP contribution < -0.4 is 4.74 Å². The van der Waals surface area contributed by atoms with Crippen LogP contribution in [0.15, 0.2) is 28.8 Å². The molecule has 0 N–H and O–H groups in total. The summed E-state index contributed by atoms with van der Waals surface area (Å²) >= 11 is 0. The summed E-state index contributed by atoms with van der Waals surface area (Å²) in [4.78, 5) is 2.52. The van der Waals surface area contributed by atoms with Gasteiger partial charge in [0.05, 0.1) is 12.3 Å². The topological polar surface area (TPSA) is 38.5 Å². The molecule has 1 aromatic carbocycles. The van der Waals surface area contributed by atoms with Crippen molar-refractivity contribution in [3.63, 3.8) is 0 Å². The number of hydrogen-bond donors (Lipinski definition) is 0. The summed E-state index contributed by atoms with van der Waals surface area (Å²) < 4.78 is 11.1. The van der Waals surface area contributed by atoms with Gasteiger partial charge in [0.1, 0.15) is 11.5 Å². The van der Waals surface area contributed by atoms with Gasteiger partial charge in [0, 0.05) is 23.7 Å². The zero-order chi connectivity index (χ0) is 15.5. The SMILES string of the molecule is CCOc1ccccc1CN1CCC[C@@H]1c1c(C)noc1C. The first-order valence-corrected chi connectivity index (χ1v) is 8.08. The van der Waals surface area contributed by atoms with E-state index in [4.69, 9.17) is 9.26 Å². The molecule has 1 aliphatic heterocycles. The first kappa shape index (κ1) is 15.1. The Balaban J connectivity index is 1.83. The standard InChI is InChI=1S/C18H24N2O2/c1-4-21-17-10-6-5-8-15(17)12-20-11-7-9-16(20)18-13(2)19-22-14(18)3/h5-6,8,10,16H,4,7,9,11-12H2,1-3H3/t16-/m1/s1. The maximum absolute atomic E-state index is 5.76. The smallest absolute Gasteiger partial charge is 0.138 e. The summed E-state index contributed by atoms with van der Waals surface area (Å²) in [6.45, 7) is 8.79. The van der Waals surface area contributed by atoms with E-state index in [1.54, 1.807) is 0 Å². The monoisotopic (exact) mass is 300 g/mol. The van der Waals surface area contributed by atoms with Crippen LogP contribution in [0.1, 0.15) is 48.4 Å². The summed E-state index contributed by atoms with van der Waals surface area (Å²) in [5.41, 5.74) is 3.54. The molecule has 1 atom stereocenters. The number of aryl methyl sites for hydroxylation is 2. The molecular formula is C18H24N2O2. The third-order valence-corrected chi connectivity index (χ3v) is 4.43. The summed E-state index contributed by atoms with van der Waals surface area (Å²) in [6, 6.07) is 8.73. The van der Waals surface area contributed by atoms with E-state index in [0.717, 1.165) is 30.3 Å². The van der Waals surface area contributed by atoms with E-state index in [1.165, 1.54) is 24.0 Å². The third-order valence-electron chi connectivity index (χ3n) is 4.43. The lowest BCUT2D eigenvalue weighted by molar-refractivity contribution is 0.239. The van der Waals surface area contributed by atoms with E-state index >= 15 is 0 Å². The average molecular weight is 300 g/mol. The molecule has 0 spiro atoms. The molecule has 1 fully saturated rings. The van der Waals surface area contributed by atoms with Gasteiger partial charge in [-0.3, -0.25) is 4.90 Å². The molecule has 1 aliphatic rings. The van der Waals surface area contributed by atoms with Crippen LogP contribution in [0.5, 0.6) is 5.75 Å². The van der Waals surface area contributed by atoms with Gasteiger partial charge in [0.15, 0.2) is 0 Å². The number of para-hydroxylation sites is 1. The Bertz CT molecular complexity index is 616. The van der Waals surface area contributed by atoms with Gasteiger partial charge in [-0.2, -0.15) is 0 Å². The van der Waals surface area contributed by atoms with Gasteiger partial charge in [0.25, 0.3) is 0 Å². The van der Waals surface area contributed by atoms with Gasteiger partial charge < -0.3 is 9.26 Å². The minimum absolute atomic E-state index is 0.404. The lowest BCUT2D eigenvalue weighted by atomic mass is 10.0. The zero-order valence-corrected chi connectivity index (χ0v) is 13.6. The van der Waals surface area contributed by atoms with Crippen LogP contribution in [0, 0.1) is 13.8 Å². The van der Waals surface area contributed by atoms with Crippen molar-refractivity contribution in [2.75, 3.05) is 13.2 Å². The Hall–Kier alpha value is -1.81. The normalized spacial score (nSPS) is 18.8. The van der Waals surface area contributed by atoms with Crippen LogP contribution in [0.3, 0.4) is 0 Å². The second-order valence-electron chi connectivity index (χ2n) is 5.91. The molecule has 4 nitrogen and oxygen atoms in total. The molecule has 0 bridgehead atoms. The van der Waals surface area contributed by atoms with Crippen molar-refractivity contribution in [2.24, 2.45) is 0 Å². The Morgan fingerprint density at radius 1 is 1.32 bits per heavy atom. The van der Waals surface area contributed by atoms with Crippen LogP contribution in [0.25, 0.3) is 0 Å². The molecule has 22 heavy (non-hydrogen) atoms. The second-order valence-corrected chi connectivity index (χ2v) is 5.91. The Morgan fingerprint density at radius 3 is 2.86 bits per heavy atom. The lowest BCUT2D eigenvalue weighted by Gasteiger charge is -2.25. The lowest BCUT2D eigenvalue weighted by Crippen LogP contribution is -2.23. The predicted octanol–water partition coefficient (Wildman–Crippen LogP) is 4.03. The molecule has 1 aromatic heterocycles. The van der Waals surface area contributed by atoms with Crippen molar-refractivity contribution in [3.05, 3.63) is 46.8 Å². The average Bonchev–Trinajstić information content (AvgIpc) is 3.08. The van der Waals surface area contributed by atoms with E-state index < -0.39 is 0 Å². The van der Waals surface area contributed by atoms with Crippen molar-refractivity contribution >= 4 is 0 Å². The quantitative estimate of drug-likeness (QED) is 0.835. The van der Waals surface area contributed by atoms with Crippen molar-refractivity contribution in [1.82, 2.24) is 10.1 Å². The van der Waals surface area contributed by atoms with Gasteiger partial charge in [-0.25, -0.2) is 0 Å². The minimum Gasteiger partial charge on any atom is -0.494 e. The van der Waals surface area contributed by atoms with Crippen LogP contribution in [0.2, 0.25) is 0 Å². The number of rotatable bonds is 5. The molecule has 0 aliphatic carbocycles. The maximum atomic E-state index is 5.76. The molecule has 4 heteroatoms. The van der Waals surface area contributed by atoms with Crippen molar-refractivity contribution in [1.29, 1.82) is 0 Å². The number of nitrogens with zero attached hydrogens (tertiary/aromatic N) is 2. The fourth-order valence-corrected chi connectivity index (χ4v) is 3.46. The van der Waals surface area contributed by atoms with Crippen molar-refractivity contribution in [3.8, 4) is 5.75 Å². The molecule has 0 radical (unpaired) electrons. The Kier molecular flexibility index (Phi) is 4.48. The summed E-state index contributed by atoms with van der Waals surface area (Å²) in [6.07, 6.45) is 2.38. The molecule has 0 saturated carbocycles. The number of hydrogen-bond acceptors (Lipinski definition) is 4. The van der Waals surface area contributed by atoms with Crippen molar-refractivity contribution in [2.45, 2.75) is 46.2 Å². The minimum atomic E-state index is 0.404. The molecule has 3 rings (SSSR count). The molecule has 0 amide bonds. The van der Waals surface area contributed by atoms with Crippen LogP contribution >= 0.6 is 0 Å². The van der Waals surface area contributed by atoms with E-state index in [0.29, 0.717) is 12.6 Å². The highest BCUT2D eigenvalue weighted by atomic mass is 16.5. The van der Waals surface area contributed by atoms with E-state index in [2.05, 4.69) is 28.3 Å². The molecule has 2 aromatic rings. The molecular weight excluding hydrogens is 276 g/mol. The first-order chi connectivity index (χ1) is 10.7. The third kappa shape index (κ3) is 2.88. The van der Waals surface area contributed by atoms with Crippen LogP contribution in [-0.2, 0) is 6.54 Å². The number of aromatic nitrogens is 1. The van der Waals surface area contributed by atoms with E-state index in [-0.39, 0.29) is 0 Å². The van der Waals surface area contributed by atoms with Gasteiger partial charge in [-0.15, -0.1) is 0 Å². The fourth-order valence-electron chi connectivity index (χ4n) is 3.46. The maximum Gasteiger partial charge on any atom is 0.138 e. The molecule has 0 unspecified atom stereocenters. The van der Waals surface area contributed by atoms with E-state index in [1.807, 2.05) is 26.8 Å². The van der Waals surface area contributed by atoms with Crippen LogP contribution in [-0.4, -0.2) is 23.2 Å². The van der Waals surface area contributed by atoms with E-state index in [9.17, 15) is 0 Å². The van der Waals surface area contributed by atoms with Gasteiger partial charge in [-0.1, -0.05) is 23.4 Å². The largest absolute Gasteiger partial charge is 0.494 e. The summed E-state index contributed by atoms with van der Waals surface area (Å²) in [7, 11) is 0.